The van der Waals surface area contributed by atoms with E-state index >= 15 is 0 Å². The van der Waals surface area contributed by atoms with Crippen LogP contribution in [0.25, 0.3) is 0 Å². The highest BCUT2D eigenvalue weighted by atomic mass is 16.2. The summed E-state index contributed by atoms with van der Waals surface area (Å²) in [5.74, 6) is 0.598. The maximum Gasteiger partial charge on any atom is 0.263 e. The molecule has 1 aromatic heterocycles. The Morgan fingerprint density at radius 2 is 2.31 bits per heavy atom. The van der Waals surface area contributed by atoms with Crippen molar-refractivity contribution in [2.75, 3.05) is 0 Å². The van der Waals surface area contributed by atoms with Gasteiger partial charge in [0.2, 0.25) is 0 Å². The molecule has 2 heterocycles. The Labute approximate surface area is 94.0 Å². The van der Waals surface area contributed by atoms with E-state index in [4.69, 9.17) is 0 Å². The zero-order valence-corrected chi connectivity index (χ0v) is 9.10. The average molecular weight is 218 g/mol. The van der Waals surface area contributed by atoms with E-state index < -0.39 is 0 Å². The second-order valence-electron chi connectivity index (χ2n) is 3.64. The first-order valence-corrected chi connectivity index (χ1v) is 5.35. The first-order valence-electron chi connectivity index (χ1n) is 5.35. The summed E-state index contributed by atoms with van der Waals surface area (Å²) >= 11 is 0. The number of pyridine rings is 1. The second-order valence-corrected chi connectivity index (χ2v) is 3.64. The number of nitrogens with one attached hydrogen (secondary N) is 2. The number of aromatic nitrogens is 1. The van der Waals surface area contributed by atoms with Crippen molar-refractivity contribution >= 4 is 11.7 Å². The molecule has 2 rings (SSSR count). The van der Waals surface area contributed by atoms with Crippen LogP contribution in [0.15, 0.2) is 29.5 Å². The summed E-state index contributed by atoms with van der Waals surface area (Å²) in [5.41, 5.74) is 6.28. The number of rotatable bonds is 3. The van der Waals surface area contributed by atoms with Gasteiger partial charge in [0.05, 0.1) is 0 Å². The van der Waals surface area contributed by atoms with Crippen LogP contribution in [0.4, 0.5) is 0 Å². The summed E-state index contributed by atoms with van der Waals surface area (Å²) in [4.78, 5) is 19.9. The minimum Gasteiger partial charge on any atom is -0.282 e. The van der Waals surface area contributed by atoms with Crippen LogP contribution in [-0.4, -0.2) is 22.8 Å². The quantitative estimate of drug-likeness (QED) is 0.782. The molecule has 1 atom stereocenters. The molecule has 0 bridgehead atoms. The third-order valence-electron chi connectivity index (χ3n) is 2.39. The van der Waals surface area contributed by atoms with Gasteiger partial charge >= 0.3 is 0 Å². The van der Waals surface area contributed by atoms with E-state index in [0.717, 1.165) is 18.4 Å². The molecule has 84 valence electrons. The highest BCUT2D eigenvalue weighted by Crippen LogP contribution is 2.08. The zero-order chi connectivity index (χ0) is 11.4. The number of aliphatic imine (C=N–C) groups is 1. The van der Waals surface area contributed by atoms with Crippen LogP contribution in [0.3, 0.4) is 0 Å². The van der Waals surface area contributed by atoms with Gasteiger partial charge in [0.1, 0.15) is 11.9 Å². The van der Waals surface area contributed by atoms with Gasteiger partial charge in [-0.3, -0.25) is 25.6 Å². The average Bonchev–Trinajstić information content (AvgIpc) is 2.33. The van der Waals surface area contributed by atoms with Gasteiger partial charge in [-0.15, -0.1) is 0 Å². The fourth-order valence-corrected chi connectivity index (χ4v) is 1.57. The summed E-state index contributed by atoms with van der Waals surface area (Å²) in [5, 5.41) is 0. The van der Waals surface area contributed by atoms with Gasteiger partial charge in [-0.2, -0.15) is 0 Å². The third kappa shape index (κ3) is 2.18. The molecule has 1 aliphatic heterocycles. The number of hydrogen-bond acceptors (Lipinski definition) is 4. The van der Waals surface area contributed by atoms with Gasteiger partial charge in [-0.1, -0.05) is 13.3 Å². The van der Waals surface area contributed by atoms with Crippen LogP contribution in [0.1, 0.15) is 25.3 Å². The molecular weight excluding hydrogens is 204 g/mol. The van der Waals surface area contributed by atoms with E-state index in [1.165, 1.54) is 0 Å². The molecule has 0 saturated carbocycles. The molecule has 0 spiro atoms. The van der Waals surface area contributed by atoms with Crippen molar-refractivity contribution in [2.45, 2.75) is 25.8 Å². The molecule has 0 radical (unpaired) electrons. The lowest BCUT2D eigenvalue weighted by atomic mass is 10.1. The predicted octanol–water partition coefficient (Wildman–Crippen LogP) is 0.631. The van der Waals surface area contributed by atoms with Gasteiger partial charge in [0, 0.05) is 18.0 Å². The Bertz CT molecular complexity index is 402. The van der Waals surface area contributed by atoms with E-state index in [0.29, 0.717) is 5.84 Å². The van der Waals surface area contributed by atoms with Crippen molar-refractivity contribution in [3.8, 4) is 0 Å². The Morgan fingerprint density at radius 1 is 1.44 bits per heavy atom. The molecular formula is C11H14N4O. The highest BCUT2D eigenvalue weighted by molar-refractivity contribution is 6.03. The van der Waals surface area contributed by atoms with Crippen LogP contribution in [0.5, 0.6) is 0 Å². The number of carbonyl (C=O) groups excluding carboxylic acids is 1. The zero-order valence-electron chi connectivity index (χ0n) is 9.10. The molecule has 1 amide bonds. The molecule has 0 saturated heterocycles. The summed E-state index contributed by atoms with van der Waals surface area (Å²) in [6, 6.07) is 3.45. The summed E-state index contributed by atoms with van der Waals surface area (Å²) in [6.45, 7) is 2.04. The van der Waals surface area contributed by atoms with Crippen molar-refractivity contribution in [1.29, 1.82) is 0 Å². The summed E-state index contributed by atoms with van der Waals surface area (Å²) in [6.07, 6.45) is 5.11. The fraction of sp³-hybridized carbons (Fsp3) is 0.364. The van der Waals surface area contributed by atoms with Crippen LogP contribution in [0.2, 0.25) is 0 Å². The first-order chi connectivity index (χ1) is 7.81. The second kappa shape index (κ2) is 4.74. The summed E-state index contributed by atoms with van der Waals surface area (Å²) in [7, 11) is 0. The Kier molecular flexibility index (Phi) is 3.14. The number of hydrazine groups is 1. The maximum absolute atomic E-state index is 11.5. The molecule has 5 heteroatoms. The largest absolute Gasteiger partial charge is 0.282 e. The Morgan fingerprint density at radius 3 is 3.00 bits per heavy atom. The predicted molar refractivity (Wildman–Crippen MR) is 60.7 cm³/mol. The summed E-state index contributed by atoms with van der Waals surface area (Å²) < 4.78 is 0. The smallest absolute Gasteiger partial charge is 0.263 e. The van der Waals surface area contributed by atoms with E-state index in [1.54, 1.807) is 12.4 Å². The number of hydrogen-bond donors (Lipinski definition) is 2. The van der Waals surface area contributed by atoms with Crippen molar-refractivity contribution in [3.63, 3.8) is 0 Å². The molecule has 1 unspecified atom stereocenters. The van der Waals surface area contributed by atoms with Crippen molar-refractivity contribution < 1.29 is 4.79 Å². The molecule has 0 aromatic carbocycles. The Hall–Kier alpha value is -1.91. The van der Waals surface area contributed by atoms with Gasteiger partial charge in [-0.05, 0) is 18.6 Å². The number of amidine groups is 1. The van der Waals surface area contributed by atoms with Crippen LogP contribution in [0, 0.1) is 0 Å². The van der Waals surface area contributed by atoms with Crippen molar-refractivity contribution in [3.05, 3.63) is 30.1 Å². The van der Waals surface area contributed by atoms with Gasteiger partial charge in [0.15, 0.2) is 0 Å². The van der Waals surface area contributed by atoms with Gasteiger partial charge in [-0.25, -0.2) is 0 Å². The van der Waals surface area contributed by atoms with Gasteiger partial charge < -0.3 is 0 Å². The molecule has 0 fully saturated rings. The monoisotopic (exact) mass is 218 g/mol. The molecule has 2 N–H and O–H groups in total. The van der Waals surface area contributed by atoms with E-state index in [-0.39, 0.29) is 11.9 Å². The lowest BCUT2D eigenvalue weighted by Crippen LogP contribution is -2.51. The highest BCUT2D eigenvalue weighted by Gasteiger charge is 2.22. The topological polar surface area (TPSA) is 66.4 Å². The fourth-order valence-electron chi connectivity index (χ4n) is 1.57. The van der Waals surface area contributed by atoms with Crippen molar-refractivity contribution in [1.82, 2.24) is 15.8 Å². The Balaban J connectivity index is 2.22. The minimum atomic E-state index is -0.290. The molecule has 1 aliphatic rings. The van der Waals surface area contributed by atoms with Crippen LogP contribution < -0.4 is 10.9 Å². The standard InChI is InChI=1S/C11H14N4O/c1-2-4-9-11(16)15-14-10(13-9)8-5-3-6-12-7-8/h3,5-7,9H,2,4H2,1H3,(H,13,14)(H,15,16). The minimum absolute atomic E-state index is 0.0745. The lowest BCUT2D eigenvalue weighted by molar-refractivity contribution is -0.123. The van der Waals surface area contributed by atoms with Crippen molar-refractivity contribution in [2.24, 2.45) is 4.99 Å². The van der Waals surface area contributed by atoms with E-state index in [2.05, 4.69) is 20.8 Å². The third-order valence-corrected chi connectivity index (χ3v) is 2.39. The van der Waals surface area contributed by atoms with Crippen LogP contribution >= 0.6 is 0 Å². The normalized spacial score (nSPS) is 19.7. The molecule has 16 heavy (non-hydrogen) atoms. The lowest BCUT2D eigenvalue weighted by Gasteiger charge is -2.21. The first kappa shape index (κ1) is 10.6. The molecule has 0 aliphatic carbocycles. The number of amides is 1. The number of nitrogens with zero attached hydrogens (tertiary/aromatic N) is 2. The number of carbonyl (C=O) groups is 1. The van der Waals surface area contributed by atoms with E-state index in [1.807, 2.05) is 19.1 Å². The maximum atomic E-state index is 11.5. The SMILES string of the molecule is CCCC1N=C(c2cccnc2)NNC1=O. The van der Waals surface area contributed by atoms with Crippen LogP contribution in [-0.2, 0) is 4.79 Å². The van der Waals surface area contributed by atoms with E-state index in [9.17, 15) is 4.79 Å². The molecule has 1 aromatic rings. The molecule has 5 nitrogen and oxygen atoms in total. The van der Waals surface area contributed by atoms with Gasteiger partial charge in [0.25, 0.3) is 5.91 Å².